The first kappa shape index (κ1) is 14.8. The lowest BCUT2D eigenvalue weighted by Crippen LogP contribution is -2.38. The summed E-state index contributed by atoms with van der Waals surface area (Å²) >= 11 is 2.05. The van der Waals surface area contributed by atoms with Gasteiger partial charge in [-0.2, -0.15) is 11.8 Å². The van der Waals surface area contributed by atoms with Crippen LogP contribution in [0, 0.1) is 0 Å². The second-order valence-corrected chi connectivity index (χ2v) is 6.47. The lowest BCUT2D eigenvalue weighted by molar-refractivity contribution is -0.121. The zero-order valence-electron chi connectivity index (χ0n) is 11.3. The summed E-state index contributed by atoms with van der Waals surface area (Å²) in [5, 5.41) is 7.22. The molecule has 2 atom stereocenters. The molecule has 1 rings (SSSR count). The Bertz CT molecular complexity index is 233. The molecule has 1 saturated carbocycles. The summed E-state index contributed by atoms with van der Waals surface area (Å²) < 4.78 is 0. The molecule has 2 N–H and O–H groups in total. The van der Waals surface area contributed by atoms with Gasteiger partial charge in [-0.15, -0.1) is 0 Å². The second-order valence-electron chi connectivity index (χ2n) is 4.96. The Kier molecular flexibility index (Phi) is 6.97. The number of nitrogens with one attached hydrogen (secondary N) is 2. The van der Waals surface area contributed by atoms with Crippen LogP contribution in [0.4, 0.5) is 0 Å². The Balaban J connectivity index is 2.15. The molecule has 1 aliphatic carbocycles. The molecule has 0 aliphatic heterocycles. The van der Waals surface area contributed by atoms with Crippen molar-refractivity contribution >= 4 is 17.7 Å². The first-order valence-electron chi connectivity index (χ1n) is 6.77. The molecule has 0 aromatic rings. The fourth-order valence-electron chi connectivity index (χ4n) is 2.34. The van der Waals surface area contributed by atoms with Gasteiger partial charge in [0, 0.05) is 30.3 Å². The van der Waals surface area contributed by atoms with Crippen LogP contribution in [0.2, 0.25) is 0 Å². The van der Waals surface area contributed by atoms with Crippen LogP contribution in [0.25, 0.3) is 0 Å². The second kappa shape index (κ2) is 7.98. The van der Waals surface area contributed by atoms with Crippen LogP contribution in [-0.4, -0.2) is 35.5 Å². The summed E-state index contributed by atoms with van der Waals surface area (Å²) in [5.74, 6) is 1.35. The van der Waals surface area contributed by atoms with Crippen LogP contribution in [-0.2, 0) is 4.79 Å². The molecule has 100 valence electrons. The largest absolute Gasteiger partial charge is 0.354 e. The van der Waals surface area contributed by atoms with E-state index in [1.807, 2.05) is 13.8 Å². The van der Waals surface area contributed by atoms with E-state index in [0.717, 1.165) is 11.8 Å². The molecule has 1 aliphatic rings. The van der Waals surface area contributed by atoms with Crippen LogP contribution in [0.1, 0.15) is 46.5 Å². The van der Waals surface area contributed by atoms with Crippen LogP contribution in [0.15, 0.2) is 0 Å². The molecule has 0 bridgehead atoms. The normalized spacial score (nSPS) is 24.2. The summed E-state index contributed by atoms with van der Waals surface area (Å²) in [6.07, 6.45) is 4.52. The molecule has 1 amide bonds. The van der Waals surface area contributed by atoms with Gasteiger partial charge in [-0.3, -0.25) is 4.79 Å². The van der Waals surface area contributed by atoms with Crippen LogP contribution in [0.3, 0.4) is 0 Å². The van der Waals surface area contributed by atoms with Gasteiger partial charge in [-0.05, 0) is 32.4 Å². The molecular formula is C13H26N2OS. The van der Waals surface area contributed by atoms with Crippen molar-refractivity contribution in [3.8, 4) is 0 Å². The van der Waals surface area contributed by atoms with E-state index in [9.17, 15) is 4.79 Å². The quantitative estimate of drug-likeness (QED) is 0.735. The Morgan fingerprint density at radius 2 is 2.18 bits per heavy atom. The predicted octanol–water partition coefficient (Wildman–Crippen LogP) is 2.16. The highest BCUT2D eigenvalue weighted by atomic mass is 32.2. The maximum absolute atomic E-state index is 11.5. The Morgan fingerprint density at radius 3 is 2.82 bits per heavy atom. The first-order chi connectivity index (χ1) is 8.13. The van der Waals surface area contributed by atoms with Gasteiger partial charge in [0.2, 0.25) is 5.91 Å². The van der Waals surface area contributed by atoms with Gasteiger partial charge >= 0.3 is 0 Å². The van der Waals surface area contributed by atoms with Crippen LogP contribution in [0.5, 0.6) is 0 Å². The fraction of sp³-hybridized carbons (Fsp3) is 0.923. The van der Waals surface area contributed by atoms with Gasteiger partial charge in [0.05, 0.1) is 0 Å². The molecule has 3 nitrogen and oxygen atoms in total. The van der Waals surface area contributed by atoms with Gasteiger partial charge in [0.15, 0.2) is 0 Å². The Hall–Kier alpha value is -0.220. The number of thioether (sulfide) groups is 1. The minimum Gasteiger partial charge on any atom is -0.354 e. The maximum Gasteiger partial charge on any atom is 0.221 e. The first-order valence-corrected chi connectivity index (χ1v) is 7.82. The molecule has 2 unspecified atom stereocenters. The third-order valence-electron chi connectivity index (χ3n) is 3.04. The Morgan fingerprint density at radius 1 is 1.41 bits per heavy atom. The van der Waals surface area contributed by atoms with Crippen molar-refractivity contribution in [3.63, 3.8) is 0 Å². The smallest absolute Gasteiger partial charge is 0.221 e. The molecular weight excluding hydrogens is 232 g/mol. The molecule has 0 aromatic carbocycles. The summed E-state index contributed by atoms with van der Waals surface area (Å²) in [5.41, 5.74) is 0. The average molecular weight is 258 g/mol. The monoisotopic (exact) mass is 258 g/mol. The fourth-order valence-corrected chi connectivity index (χ4v) is 3.56. The van der Waals surface area contributed by atoms with E-state index in [0.29, 0.717) is 12.5 Å². The van der Waals surface area contributed by atoms with Gasteiger partial charge < -0.3 is 10.6 Å². The lowest BCUT2D eigenvalue weighted by Gasteiger charge is -2.20. The van der Waals surface area contributed by atoms with Gasteiger partial charge in [-0.25, -0.2) is 0 Å². The van der Waals surface area contributed by atoms with Crippen molar-refractivity contribution in [2.45, 2.75) is 63.8 Å². The number of hydrogen-bond donors (Lipinski definition) is 2. The molecule has 0 saturated heterocycles. The van der Waals surface area contributed by atoms with E-state index >= 15 is 0 Å². The van der Waals surface area contributed by atoms with E-state index in [-0.39, 0.29) is 11.9 Å². The molecule has 0 aromatic heterocycles. The lowest BCUT2D eigenvalue weighted by atomic mass is 10.2. The molecule has 0 spiro atoms. The number of hydrogen-bond acceptors (Lipinski definition) is 3. The highest BCUT2D eigenvalue weighted by Crippen LogP contribution is 2.29. The number of rotatable bonds is 7. The predicted molar refractivity (Wildman–Crippen MR) is 75.5 cm³/mol. The molecule has 0 radical (unpaired) electrons. The SMILES string of the molecule is CCSC1CCCC1NCCC(=O)NC(C)C. The van der Waals surface area contributed by atoms with Gasteiger partial charge in [0.25, 0.3) is 0 Å². The van der Waals surface area contributed by atoms with E-state index in [2.05, 4.69) is 29.3 Å². The minimum atomic E-state index is 0.158. The third kappa shape index (κ3) is 5.77. The van der Waals surface area contributed by atoms with Crippen molar-refractivity contribution in [3.05, 3.63) is 0 Å². The van der Waals surface area contributed by atoms with Crippen LogP contribution < -0.4 is 10.6 Å². The van der Waals surface area contributed by atoms with Gasteiger partial charge in [-0.1, -0.05) is 13.3 Å². The summed E-state index contributed by atoms with van der Waals surface area (Å²) in [4.78, 5) is 11.5. The molecule has 4 heteroatoms. The standard InChI is InChI=1S/C13H26N2OS/c1-4-17-12-7-5-6-11(12)14-9-8-13(16)15-10(2)3/h10-12,14H,4-9H2,1-3H3,(H,15,16). The van der Waals surface area contributed by atoms with Crippen molar-refractivity contribution in [2.24, 2.45) is 0 Å². The van der Waals surface area contributed by atoms with Crippen molar-refractivity contribution in [2.75, 3.05) is 12.3 Å². The number of amides is 1. The molecule has 1 fully saturated rings. The van der Waals surface area contributed by atoms with Crippen molar-refractivity contribution in [1.82, 2.24) is 10.6 Å². The van der Waals surface area contributed by atoms with Gasteiger partial charge in [0.1, 0.15) is 0 Å². The highest BCUT2D eigenvalue weighted by Gasteiger charge is 2.26. The minimum absolute atomic E-state index is 0.158. The molecule has 17 heavy (non-hydrogen) atoms. The van der Waals surface area contributed by atoms with Crippen molar-refractivity contribution in [1.29, 1.82) is 0 Å². The Labute approximate surface area is 109 Å². The summed E-state index contributed by atoms with van der Waals surface area (Å²) in [7, 11) is 0. The summed E-state index contributed by atoms with van der Waals surface area (Å²) in [6, 6.07) is 0.865. The number of carbonyl (C=O) groups excluding carboxylic acids is 1. The molecule has 0 heterocycles. The van der Waals surface area contributed by atoms with E-state index in [1.54, 1.807) is 0 Å². The highest BCUT2D eigenvalue weighted by molar-refractivity contribution is 7.99. The average Bonchev–Trinajstić information content (AvgIpc) is 2.65. The topological polar surface area (TPSA) is 41.1 Å². The number of carbonyl (C=O) groups is 1. The zero-order valence-corrected chi connectivity index (χ0v) is 12.1. The zero-order chi connectivity index (χ0) is 12.7. The van der Waals surface area contributed by atoms with Crippen LogP contribution >= 0.6 is 11.8 Å². The van der Waals surface area contributed by atoms with E-state index < -0.39 is 0 Å². The van der Waals surface area contributed by atoms with E-state index in [1.165, 1.54) is 25.0 Å². The third-order valence-corrected chi connectivity index (χ3v) is 4.37. The maximum atomic E-state index is 11.5. The summed E-state index contributed by atoms with van der Waals surface area (Å²) in [6.45, 7) is 7.02. The van der Waals surface area contributed by atoms with Crippen molar-refractivity contribution < 1.29 is 4.79 Å². The van der Waals surface area contributed by atoms with E-state index in [4.69, 9.17) is 0 Å².